The number of allylic oxidation sites excluding steroid dienone is 2. The van der Waals surface area contributed by atoms with Crippen molar-refractivity contribution in [3.05, 3.63) is 78.4 Å². The van der Waals surface area contributed by atoms with Gasteiger partial charge in [-0.05, 0) is 47.8 Å². The third kappa shape index (κ3) is 2.87. The van der Waals surface area contributed by atoms with Crippen molar-refractivity contribution in [2.75, 3.05) is 5.32 Å². The highest BCUT2D eigenvalue weighted by Crippen LogP contribution is 2.65. The fraction of sp³-hybridized carbons (Fsp3) is 0.346. The average Bonchev–Trinajstić information content (AvgIpc) is 3.58. The fourth-order valence-electron chi connectivity index (χ4n) is 6.17. The van der Waals surface area contributed by atoms with Gasteiger partial charge in [0, 0.05) is 12.1 Å². The maximum atomic E-state index is 13.6. The number of carbonyl (C=O) groups excluding carboxylic acids is 3. The summed E-state index contributed by atoms with van der Waals surface area (Å²) >= 11 is 0. The van der Waals surface area contributed by atoms with Crippen molar-refractivity contribution < 1.29 is 14.4 Å². The van der Waals surface area contributed by atoms with Gasteiger partial charge in [-0.3, -0.25) is 19.3 Å². The zero-order valence-corrected chi connectivity index (χ0v) is 17.1. The van der Waals surface area contributed by atoms with E-state index in [1.807, 2.05) is 60.7 Å². The van der Waals surface area contributed by atoms with Gasteiger partial charge in [-0.15, -0.1) is 0 Å². The number of nitrogens with one attached hydrogen (secondary N) is 1. The van der Waals surface area contributed by atoms with Crippen molar-refractivity contribution in [2.24, 2.45) is 35.5 Å². The molecule has 3 fully saturated rings. The lowest BCUT2D eigenvalue weighted by Gasteiger charge is -2.37. The van der Waals surface area contributed by atoms with Crippen LogP contribution in [0.3, 0.4) is 0 Å². The van der Waals surface area contributed by atoms with E-state index >= 15 is 0 Å². The van der Waals surface area contributed by atoms with Crippen LogP contribution < -0.4 is 5.32 Å². The lowest BCUT2D eigenvalue weighted by Crippen LogP contribution is -2.49. The largest absolute Gasteiger partial charge is 0.324 e. The number of anilines is 1. The quantitative estimate of drug-likeness (QED) is 0.605. The molecule has 156 valence electrons. The van der Waals surface area contributed by atoms with E-state index in [0.29, 0.717) is 23.9 Å². The molecule has 31 heavy (non-hydrogen) atoms. The van der Waals surface area contributed by atoms with Crippen LogP contribution in [0.25, 0.3) is 0 Å². The molecule has 0 unspecified atom stereocenters. The van der Waals surface area contributed by atoms with E-state index in [2.05, 4.69) is 17.5 Å². The van der Waals surface area contributed by atoms with Gasteiger partial charge in [-0.25, -0.2) is 0 Å². The molecule has 2 aromatic carbocycles. The summed E-state index contributed by atoms with van der Waals surface area (Å²) in [5, 5.41) is 2.92. The highest BCUT2D eigenvalue weighted by molar-refractivity contribution is 6.10. The summed E-state index contributed by atoms with van der Waals surface area (Å²) in [5.41, 5.74) is 1.58. The van der Waals surface area contributed by atoms with E-state index in [1.165, 1.54) is 4.90 Å². The number of benzene rings is 2. The highest BCUT2D eigenvalue weighted by atomic mass is 16.2. The number of para-hydroxylation sites is 1. The second kappa shape index (κ2) is 6.91. The molecule has 1 N–H and O–H groups in total. The van der Waals surface area contributed by atoms with E-state index in [-0.39, 0.29) is 41.4 Å². The van der Waals surface area contributed by atoms with Crippen LogP contribution in [0.4, 0.5) is 5.69 Å². The van der Waals surface area contributed by atoms with Crippen LogP contribution in [0, 0.1) is 35.5 Å². The zero-order valence-electron chi connectivity index (χ0n) is 17.1. The van der Waals surface area contributed by atoms with Gasteiger partial charge in [0.05, 0.1) is 11.8 Å². The summed E-state index contributed by atoms with van der Waals surface area (Å²) in [6.45, 7) is 0. The third-order valence-corrected chi connectivity index (χ3v) is 7.62. The summed E-state index contributed by atoms with van der Waals surface area (Å²) in [5.74, 6) is 0.140. The van der Waals surface area contributed by atoms with Crippen LogP contribution in [0.2, 0.25) is 0 Å². The number of amides is 3. The Hall–Kier alpha value is -3.21. The number of rotatable bonds is 5. The monoisotopic (exact) mass is 412 g/mol. The van der Waals surface area contributed by atoms with Crippen LogP contribution >= 0.6 is 0 Å². The first-order chi connectivity index (χ1) is 15.1. The molecule has 1 saturated heterocycles. The number of hydrogen-bond donors (Lipinski definition) is 1. The van der Waals surface area contributed by atoms with Crippen LogP contribution in [0.5, 0.6) is 0 Å². The molecule has 2 bridgehead atoms. The Bertz CT molecular complexity index is 1040. The summed E-state index contributed by atoms with van der Waals surface area (Å²) in [6.07, 6.45) is 5.75. The Labute approximate surface area is 181 Å². The van der Waals surface area contributed by atoms with Crippen LogP contribution in [0.1, 0.15) is 12.0 Å². The normalized spacial score (nSPS) is 33.1. The second-order valence-electron chi connectivity index (χ2n) is 9.26. The predicted octanol–water partition coefficient (Wildman–Crippen LogP) is 3.29. The van der Waals surface area contributed by atoms with Crippen molar-refractivity contribution in [1.29, 1.82) is 0 Å². The second-order valence-corrected chi connectivity index (χ2v) is 9.26. The SMILES string of the molecule is O=C(Nc1ccccc1)[C@H](Cc1ccccc1)N1C(=O)[C@@H]2[C@H]3C=C[C@@H]([C@@H]4C[C@H]34)[C@@H]2C1=O. The Morgan fingerprint density at radius 1 is 0.871 bits per heavy atom. The van der Waals surface area contributed by atoms with E-state index in [9.17, 15) is 14.4 Å². The van der Waals surface area contributed by atoms with E-state index in [4.69, 9.17) is 0 Å². The van der Waals surface area contributed by atoms with Crippen LogP contribution in [-0.2, 0) is 20.8 Å². The van der Waals surface area contributed by atoms with Gasteiger partial charge in [-0.1, -0.05) is 60.7 Å². The molecular formula is C26H24N2O3. The third-order valence-electron chi connectivity index (χ3n) is 7.62. The smallest absolute Gasteiger partial charge is 0.248 e. The molecule has 0 spiro atoms. The number of carbonyl (C=O) groups is 3. The molecule has 1 heterocycles. The molecule has 5 heteroatoms. The van der Waals surface area contributed by atoms with E-state index < -0.39 is 6.04 Å². The van der Waals surface area contributed by atoms with Gasteiger partial charge >= 0.3 is 0 Å². The minimum atomic E-state index is -0.857. The van der Waals surface area contributed by atoms with Crippen molar-refractivity contribution in [3.8, 4) is 0 Å². The first-order valence-corrected chi connectivity index (χ1v) is 11.1. The maximum absolute atomic E-state index is 13.6. The van der Waals surface area contributed by atoms with Crippen molar-refractivity contribution >= 4 is 23.4 Å². The van der Waals surface area contributed by atoms with Gasteiger partial charge in [0.25, 0.3) is 0 Å². The highest BCUT2D eigenvalue weighted by Gasteiger charge is 2.67. The molecule has 7 atom stereocenters. The Morgan fingerprint density at radius 2 is 1.42 bits per heavy atom. The number of nitrogens with zero attached hydrogens (tertiary/aromatic N) is 1. The molecule has 0 radical (unpaired) electrons. The van der Waals surface area contributed by atoms with Gasteiger partial charge in [0.15, 0.2) is 0 Å². The molecule has 3 amide bonds. The van der Waals surface area contributed by atoms with E-state index in [1.54, 1.807) is 0 Å². The minimum absolute atomic E-state index is 0.149. The van der Waals surface area contributed by atoms with E-state index in [0.717, 1.165) is 12.0 Å². The summed E-state index contributed by atoms with van der Waals surface area (Å²) < 4.78 is 0. The first kappa shape index (κ1) is 18.6. The van der Waals surface area contributed by atoms with Gasteiger partial charge in [0.1, 0.15) is 6.04 Å². The minimum Gasteiger partial charge on any atom is -0.324 e. The van der Waals surface area contributed by atoms with Crippen molar-refractivity contribution in [3.63, 3.8) is 0 Å². The zero-order chi connectivity index (χ0) is 21.1. The van der Waals surface area contributed by atoms with Crippen LogP contribution in [0.15, 0.2) is 72.8 Å². The molecular weight excluding hydrogens is 388 g/mol. The maximum Gasteiger partial charge on any atom is 0.248 e. The average molecular weight is 412 g/mol. The standard InChI is InChI=1S/C26H24N2O3/c29-24(27-16-9-5-2-6-10-16)21(13-15-7-3-1-4-8-15)28-25(30)22-17-11-12-18(20-14-19(17)20)23(22)26(28)31/h1-12,17-23H,13-14H2,(H,27,29)/t17-,18-,19-,20+,21-,22-,23+/m0/s1. The fourth-order valence-corrected chi connectivity index (χ4v) is 6.17. The summed E-state index contributed by atoms with van der Waals surface area (Å²) in [7, 11) is 0. The van der Waals surface area contributed by atoms with Crippen molar-refractivity contribution in [1.82, 2.24) is 4.90 Å². The molecule has 0 aromatic heterocycles. The molecule has 5 nitrogen and oxygen atoms in total. The Balaban J connectivity index is 1.34. The number of imide groups is 1. The summed E-state index contributed by atoms with van der Waals surface area (Å²) in [4.78, 5) is 41.9. The predicted molar refractivity (Wildman–Crippen MR) is 116 cm³/mol. The number of hydrogen-bond acceptors (Lipinski definition) is 3. The number of likely N-dealkylation sites (tertiary alicyclic amines) is 1. The molecule has 2 saturated carbocycles. The van der Waals surface area contributed by atoms with Gasteiger partial charge < -0.3 is 5.32 Å². The lowest BCUT2D eigenvalue weighted by molar-refractivity contribution is -0.146. The first-order valence-electron chi connectivity index (χ1n) is 11.1. The Morgan fingerprint density at radius 3 is 2.00 bits per heavy atom. The van der Waals surface area contributed by atoms with Gasteiger partial charge in [0.2, 0.25) is 17.7 Å². The summed E-state index contributed by atoms with van der Waals surface area (Å²) in [6, 6.07) is 17.9. The molecule has 5 aliphatic rings. The van der Waals surface area contributed by atoms with Crippen LogP contribution in [-0.4, -0.2) is 28.7 Å². The molecule has 4 aliphatic carbocycles. The van der Waals surface area contributed by atoms with Crippen molar-refractivity contribution in [2.45, 2.75) is 18.9 Å². The Kier molecular flexibility index (Phi) is 4.13. The molecule has 7 rings (SSSR count). The molecule has 1 aliphatic heterocycles. The topological polar surface area (TPSA) is 66.5 Å². The van der Waals surface area contributed by atoms with Gasteiger partial charge in [-0.2, -0.15) is 0 Å². The lowest BCUT2D eigenvalue weighted by atomic mass is 9.63. The molecule has 2 aromatic rings.